The second-order valence-electron chi connectivity index (χ2n) is 21.2. The molecular weight excluding hydrogens is 1250 g/mol. The summed E-state index contributed by atoms with van der Waals surface area (Å²) in [5, 5.41) is 12.8. The van der Waals surface area contributed by atoms with Crippen LogP contribution in [-0.4, -0.2) is 192 Å². The number of carbonyl (C=O) groups excluding carboxylic acids is 4. The first-order valence-corrected chi connectivity index (χ1v) is 30.6. The number of para-hydroxylation sites is 2. The number of nitrogens with zero attached hydrogens (tertiary/aromatic N) is 7. The number of hydrogen-bond donors (Lipinski definition) is 2. The van der Waals surface area contributed by atoms with Gasteiger partial charge in [-0.25, -0.2) is 13.2 Å². The molecule has 0 radical (unpaired) electrons. The SMILES string of the molecule is O=C(CCc1cc(Cl)c(Oc2ccncc2C(=O)N2CCN(C3CC3)c3ccccc32)cc1Cl)NCCOCCOCCOCCOCCOCCOCCOCCOCCC(=O)NC(CC(=O)N1CCn2c(nnc2C(F)(F)F)C1)Cc1cc(F)c(F)cc1F. The van der Waals surface area contributed by atoms with Crippen LogP contribution in [0.4, 0.5) is 37.7 Å². The molecule has 496 valence electrons. The Labute approximate surface area is 531 Å². The van der Waals surface area contributed by atoms with Crippen molar-refractivity contribution in [3.8, 4) is 11.5 Å². The zero-order valence-corrected chi connectivity index (χ0v) is 51.5. The van der Waals surface area contributed by atoms with Gasteiger partial charge in [-0.05, 0) is 67.1 Å². The molecule has 3 aromatic carbocycles. The van der Waals surface area contributed by atoms with Crippen molar-refractivity contribution < 1.29 is 88.2 Å². The molecule has 0 saturated heterocycles. The first-order chi connectivity index (χ1) is 44.0. The number of hydrogen-bond acceptors (Lipinski definition) is 17. The average Bonchev–Trinajstić information content (AvgIpc) is 1.88. The van der Waals surface area contributed by atoms with E-state index in [4.69, 9.17) is 65.8 Å². The average molecular weight is 1330 g/mol. The lowest BCUT2D eigenvalue weighted by atomic mass is 10.0. The molecule has 4 heterocycles. The quantitative estimate of drug-likeness (QED) is 0.0220. The van der Waals surface area contributed by atoms with Gasteiger partial charge in [0, 0.05) is 93.6 Å². The van der Waals surface area contributed by atoms with Crippen molar-refractivity contribution >= 4 is 58.2 Å². The van der Waals surface area contributed by atoms with Crippen LogP contribution in [0.5, 0.6) is 11.5 Å². The van der Waals surface area contributed by atoms with Gasteiger partial charge >= 0.3 is 6.18 Å². The number of carbonyl (C=O) groups is 4. The Morgan fingerprint density at radius 2 is 1.23 bits per heavy atom. The largest absolute Gasteiger partial charge is 0.455 e. The Morgan fingerprint density at radius 3 is 1.86 bits per heavy atom. The van der Waals surface area contributed by atoms with Crippen LogP contribution < -0.4 is 25.2 Å². The molecule has 2 N–H and O–H groups in total. The van der Waals surface area contributed by atoms with Crippen LogP contribution in [0.15, 0.2) is 67.0 Å². The molecular formula is C61H73Cl2F6N9O13. The molecule has 22 nitrogen and oxygen atoms in total. The summed E-state index contributed by atoms with van der Waals surface area (Å²) < 4.78 is 133. The predicted molar refractivity (Wildman–Crippen MR) is 319 cm³/mol. The molecule has 1 atom stereocenters. The van der Waals surface area contributed by atoms with Crippen molar-refractivity contribution in [2.45, 2.75) is 76.3 Å². The highest BCUT2D eigenvalue weighted by molar-refractivity contribution is 6.34. The van der Waals surface area contributed by atoms with E-state index in [1.54, 1.807) is 29.3 Å². The topological polar surface area (TPSA) is 229 Å². The number of alkyl halides is 3. The highest BCUT2D eigenvalue weighted by atomic mass is 35.5. The van der Waals surface area contributed by atoms with Crippen LogP contribution in [0.1, 0.15) is 65.2 Å². The van der Waals surface area contributed by atoms with Crippen molar-refractivity contribution in [1.82, 2.24) is 35.3 Å². The van der Waals surface area contributed by atoms with Gasteiger partial charge in [0.1, 0.15) is 22.9 Å². The Morgan fingerprint density at radius 1 is 0.626 bits per heavy atom. The van der Waals surface area contributed by atoms with Gasteiger partial charge < -0.3 is 72.5 Å². The summed E-state index contributed by atoms with van der Waals surface area (Å²) in [7, 11) is 0. The molecule has 5 aromatic rings. The second-order valence-corrected chi connectivity index (χ2v) is 22.0. The van der Waals surface area contributed by atoms with Crippen LogP contribution in [0.25, 0.3) is 0 Å². The van der Waals surface area contributed by atoms with Gasteiger partial charge in [0.15, 0.2) is 17.5 Å². The van der Waals surface area contributed by atoms with E-state index in [2.05, 4.69) is 36.8 Å². The minimum absolute atomic E-state index is 0.0448. The third-order valence-electron chi connectivity index (χ3n) is 14.6. The third kappa shape index (κ3) is 22.0. The maximum atomic E-state index is 14.6. The lowest BCUT2D eigenvalue weighted by molar-refractivity contribution is -0.148. The number of amides is 4. The number of fused-ring (bicyclic) bond motifs is 2. The van der Waals surface area contributed by atoms with E-state index >= 15 is 0 Å². The summed E-state index contributed by atoms with van der Waals surface area (Å²) in [6.45, 7) is 5.69. The van der Waals surface area contributed by atoms with E-state index in [-0.39, 0.29) is 111 Å². The molecule has 0 spiro atoms. The number of ether oxygens (including phenoxy) is 9. The Bertz CT molecular complexity index is 3190. The van der Waals surface area contributed by atoms with E-state index < -0.39 is 53.7 Å². The maximum absolute atomic E-state index is 14.6. The lowest BCUT2D eigenvalue weighted by Crippen LogP contribution is -2.45. The van der Waals surface area contributed by atoms with E-state index in [1.165, 1.54) is 11.1 Å². The van der Waals surface area contributed by atoms with Crippen molar-refractivity contribution in [2.24, 2.45) is 0 Å². The van der Waals surface area contributed by atoms with Crippen molar-refractivity contribution in [3.63, 3.8) is 0 Å². The molecule has 3 aliphatic rings. The summed E-state index contributed by atoms with van der Waals surface area (Å²) in [5.41, 5.74) is 2.54. The summed E-state index contributed by atoms with van der Waals surface area (Å²) in [6, 6.07) is 13.2. The van der Waals surface area contributed by atoms with Crippen molar-refractivity contribution in [2.75, 3.05) is 142 Å². The van der Waals surface area contributed by atoms with E-state index in [0.29, 0.717) is 128 Å². The summed E-state index contributed by atoms with van der Waals surface area (Å²) >= 11 is 13.3. The highest BCUT2D eigenvalue weighted by Crippen LogP contribution is 2.42. The van der Waals surface area contributed by atoms with Gasteiger partial charge in [-0.15, -0.1) is 10.2 Å². The van der Waals surface area contributed by atoms with Crippen LogP contribution in [-0.2, 0) is 84.4 Å². The molecule has 1 aliphatic carbocycles. The molecule has 30 heteroatoms. The molecule has 1 fully saturated rings. The number of aromatic nitrogens is 4. The molecule has 0 bridgehead atoms. The van der Waals surface area contributed by atoms with Crippen molar-refractivity contribution in [1.29, 1.82) is 0 Å². The van der Waals surface area contributed by atoms with Gasteiger partial charge in [0.25, 0.3) is 5.91 Å². The number of benzene rings is 3. The fourth-order valence-electron chi connectivity index (χ4n) is 9.88. The van der Waals surface area contributed by atoms with E-state index in [0.717, 1.165) is 35.3 Å². The number of pyridine rings is 1. The monoisotopic (exact) mass is 1320 g/mol. The normalized spacial score (nSPS) is 14.3. The summed E-state index contributed by atoms with van der Waals surface area (Å²) in [5.74, 6) is -6.15. The molecule has 4 amide bonds. The molecule has 1 saturated carbocycles. The zero-order chi connectivity index (χ0) is 64.5. The van der Waals surface area contributed by atoms with Crippen molar-refractivity contribution in [3.05, 3.63) is 123 Å². The number of aryl methyl sites for hydroxylation is 1. The highest BCUT2D eigenvalue weighted by Gasteiger charge is 2.40. The first kappa shape index (κ1) is 70.1. The molecule has 1 unspecified atom stereocenters. The Balaban J connectivity index is 0.569. The van der Waals surface area contributed by atoms with Gasteiger partial charge in [0.2, 0.25) is 23.5 Å². The summed E-state index contributed by atoms with van der Waals surface area (Å²) in [4.78, 5) is 62.3. The number of rotatable bonds is 39. The molecule has 2 aromatic heterocycles. The second kappa shape index (κ2) is 35.9. The van der Waals surface area contributed by atoms with Crippen LogP contribution in [0.3, 0.4) is 0 Å². The van der Waals surface area contributed by atoms with E-state index in [9.17, 15) is 45.5 Å². The van der Waals surface area contributed by atoms with Gasteiger partial charge in [-0.3, -0.25) is 24.2 Å². The smallest absolute Gasteiger partial charge is 0.451 e. The Kier molecular flexibility index (Phi) is 27.7. The maximum Gasteiger partial charge on any atom is 0.451 e. The lowest BCUT2D eigenvalue weighted by Gasteiger charge is -2.38. The Hall–Kier alpha value is -6.73. The van der Waals surface area contributed by atoms with Crippen LogP contribution in [0.2, 0.25) is 10.0 Å². The molecule has 2 aliphatic heterocycles. The third-order valence-corrected chi connectivity index (χ3v) is 15.2. The number of anilines is 2. The van der Waals surface area contributed by atoms with Crippen LogP contribution in [0, 0.1) is 17.5 Å². The van der Waals surface area contributed by atoms with Gasteiger partial charge in [0.05, 0.1) is 129 Å². The number of nitrogens with one attached hydrogen (secondary N) is 2. The predicted octanol–water partition coefficient (Wildman–Crippen LogP) is 7.57. The van der Waals surface area contributed by atoms with E-state index in [1.807, 2.05) is 18.2 Å². The first-order valence-electron chi connectivity index (χ1n) is 29.9. The zero-order valence-electron chi connectivity index (χ0n) is 50.0. The minimum Gasteiger partial charge on any atom is -0.455 e. The van der Waals surface area contributed by atoms with Crippen LogP contribution >= 0.6 is 23.2 Å². The van der Waals surface area contributed by atoms with Gasteiger partial charge in [-0.1, -0.05) is 35.3 Å². The fraction of sp³-hybridized carbons (Fsp3) is 0.525. The molecule has 91 heavy (non-hydrogen) atoms. The number of halogens is 8. The van der Waals surface area contributed by atoms with Gasteiger partial charge in [-0.2, -0.15) is 13.2 Å². The standard InChI is InChI=1S/C61H73Cl2F6N9O13/c62-46-37-54(91-53-9-11-70-39-45(53)59(82)77-16-15-76(44-6-7-44)51-3-1-2-4-52(51)77)47(63)34-41(46)5-8-56(79)71-12-18-84-20-22-86-24-26-88-28-30-90-32-31-89-29-27-87-25-23-85-21-19-83-17-10-57(80)72-43(33-42-35-49(65)50(66)38-48(42)64)36-58(81)75-13-14-78-55(40-75)73-74-60(78)61(67,68)69/h1-4,9,11,34-35,37-39,43-44H,5-8,10,12-33,36,40H2,(H,71,79)(H,72,80). The molecule has 8 rings (SSSR count). The fourth-order valence-corrected chi connectivity index (χ4v) is 10.4. The summed E-state index contributed by atoms with van der Waals surface area (Å²) in [6.07, 6.45) is 0.110. The minimum atomic E-state index is -4.74.